The minimum Gasteiger partial charge on any atom is -0.453 e. The first-order chi connectivity index (χ1) is 18.2. The third kappa shape index (κ3) is 5.59. The Labute approximate surface area is 225 Å². The molecule has 0 aliphatic carbocycles. The Morgan fingerprint density at radius 1 is 0.921 bits per heavy atom. The Hall–Kier alpha value is -2.91. The van der Waals surface area contributed by atoms with Gasteiger partial charge in [-0.05, 0) is 54.5 Å². The molecule has 0 saturated carbocycles. The molecule has 2 atom stereocenters. The summed E-state index contributed by atoms with van der Waals surface area (Å²) in [6.45, 7) is 5.17. The highest BCUT2D eigenvalue weighted by molar-refractivity contribution is 7.90. The molecule has 38 heavy (non-hydrogen) atoms. The number of benzene rings is 2. The number of likely N-dealkylation sites (tertiary alicyclic amines) is 3. The van der Waals surface area contributed by atoms with E-state index in [0.717, 1.165) is 63.1 Å². The van der Waals surface area contributed by atoms with Crippen LogP contribution in [-0.4, -0.2) is 87.8 Å². The fraction of sp³-hybridized carbons (Fsp3) is 0.517. The first-order valence-electron chi connectivity index (χ1n) is 13.4. The van der Waals surface area contributed by atoms with Gasteiger partial charge in [-0.3, -0.25) is 9.69 Å². The van der Waals surface area contributed by atoms with Crippen molar-refractivity contribution in [3.8, 4) is 0 Å². The summed E-state index contributed by atoms with van der Waals surface area (Å²) in [7, 11) is -1.80. The number of nitrogens with zero attached hydrogens (tertiary/aromatic N) is 3. The van der Waals surface area contributed by atoms with Crippen molar-refractivity contribution in [3.63, 3.8) is 0 Å². The monoisotopic (exact) mass is 539 g/mol. The number of rotatable bonds is 5. The van der Waals surface area contributed by atoms with Gasteiger partial charge in [-0.25, -0.2) is 13.2 Å². The van der Waals surface area contributed by atoms with Gasteiger partial charge in [-0.15, -0.1) is 0 Å². The third-order valence-electron chi connectivity index (χ3n) is 8.71. The van der Waals surface area contributed by atoms with Crippen molar-refractivity contribution in [2.45, 2.75) is 36.6 Å². The Morgan fingerprint density at radius 2 is 1.58 bits per heavy atom. The molecule has 3 heterocycles. The first kappa shape index (κ1) is 26.7. The number of carbonyl (C=O) groups excluding carboxylic acids is 2. The lowest BCUT2D eigenvalue weighted by atomic mass is 9.77. The second kappa shape index (κ2) is 10.7. The number of piperidine rings is 1. The van der Waals surface area contributed by atoms with Gasteiger partial charge in [-0.2, -0.15) is 0 Å². The van der Waals surface area contributed by atoms with Crippen molar-refractivity contribution in [3.05, 3.63) is 65.7 Å². The van der Waals surface area contributed by atoms with Crippen molar-refractivity contribution in [2.75, 3.05) is 52.6 Å². The van der Waals surface area contributed by atoms with E-state index in [2.05, 4.69) is 4.90 Å². The molecule has 0 radical (unpaired) electrons. The van der Waals surface area contributed by atoms with Gasteiger partial charge in [0.2, 0.25) is 5.91 Å². The first-order valence-corrected chi connectivity index (χ1v) is 15.2. The van der Waals surface area contributed by atoms with Gasteiger partial charge in [0.25, 0.3) is 0 Å². The molecule has 2 amide bonds. The molecule has 3 aliphatic heterocycles. The molecule has 3 fully saturated rings. The highest BCUT2D eigenvalue weighted by Crippen LogP contribution is 2.42. The molecule has 204 valence electrons. The quantitative estimate of drug-likeness (QED) is 0.579. The third-order valence-corrected chi connectivity index (χ3v) is 9.84. The van der Waals surface area contributed by atoms with E-state index in [1.165, 1.54) is 13.4 Å². The topological polar surface area (TPSA) is 87.2 Å². The van der Waals surface area contributed by atoms with Crippen LogP contribution in [-0.2, 0) is 25.9 Å². The molecular formula is C29H37N3O5S. The number of hydrogen-bond acceptors (Lipinski definition) is 6. The highest BCUT2D eigenvalue weighted by atomic mass is 32.2. The second-order valence-corrected chi connectivity index (χ2v) is 13.2. The summed E-state index contributed by atoms with van der Waals surface area (Å²) in [4.78, 5) is 32.5. The lowest BCUT2D eigenvalue weighted by Crippen LogP contribution is -2.47. The van der Waals surface area contributed by atoms with Gasteiger partial charge in [0.15, 0.2) is 9.84 Å². The maximum Gasteiger partial charge on any atom is 0.409 e. The van der Waals surface area contributed by atoms with Crippen LogP contribution in [0.25, 0.3) is 0 Å². The van der Waals surface area contributed by atoms with Crippen LogP contribution in [0, 0.1) is 11.3 Å². The number of hydrogen-bond donors (Lipinski definition) is 0. The van der Waals surface area contributed by atoms with Gasteiger partial charge in [0, 0.05) is 51.4 Å². The van der Waals surface area contributed by atoms with Crippen LogP contribution in [0.2, 0.25) is 0 Å². The molecule has 8 nitrogen and oxygen atoms in total. The SMILES string of the molecule is COC(=O)N1C[C@H](c2ccccc2)[C@H](C(=O)N2CCC3(CCN(Cc4ccc(S(C)(=O)=O)cc4)C3)CC2)C1. The summed E-state index contributed by atoms with van der Waals surface area (Å²) in [5.74, 6) is -0.156. The molecular weight excluding hydrogens is 502 g/mol. The standard InChI is InChI=1S/C29H37N3O5S/c1-37-28(34)32-19-25(23-6-4-3-5-7-23)26(20-32)27(33)31-16-13-29(14-17-31)12-15-30(21-29)18-22-8-10-24(11-9-22)38(2,35)36/h3-11,25-26H,12-21H2,1-2H3/t25-,26-/m1/s1. The van der Waals surface area contributed by atoms with Crippen molar-refractivity contribution >= 4 is 21.8 Å². The Bertz CT molecular complexity index is 1260. The highest BCUT2D eigenvalue weighted by Gasteiger charge is 2.46. The fourth-order valence-electron chi connectivity index (χ4n) is 6.48. The predicted molar refractivity (Wildman–Crippen MR) is 144 cm³/mol. The number of ether oxygens (including phenoxy) is 1. The van der Waals surface area contributed by atoms with Gasteiger partial charge < -0.3 is 14.5 Å². The van der Waals surface area contributed by atoms with Crippen LogP contribution < -0.4 is 0 Å². The number of methoxy groups -OCH3 is 1. The van der Waals surface area contributed by atoms with Crippen molar-refractivity contribution in [1.82, 2.24) is 14.7 Å². The molecule has 0 bridgehead atoms. The lowest BCUT2D eigenvalue weighted by Gasteiger charge is -2.40. The zero-order valence-corrected chi connectivity index (χ0v) is 23.0. The van der Waals surface area contributed by atoms with Gasteiger partial charge in [0.05, 0.1) is 17.9 Å². The summed E-state index contributed by atoms with van der Waals surface area (Å²) < 4.78 is 28.4. The fourth-order valence-corrected chi connectivity index (χ4v) is 7.11. The van der Waals surface area contributed by atoms with Gasteiger partial charge in [-0.1, -0.05) is 42.5 Å². The van der Waals surface area contributed by atoms with Gasteiger partial charge in [0.1, 0.15) is 0 Å². The summed E-state index contributed by atoms with van der Waals surface area (Å²) in [6, 6.07) is 17.2. The van der Waals surface area contributed by atoms with Crippen LogP contribution in [0.5, 0.6) is 0 Å². The van der Waals surface area contributed by atoms with E-state index in [-0.39, 0.29) is 29.3 Å². The van der Waals surface area contributed by atoms with E-state index < -0.39 is 9.84 Å². The van der Waals surface area contributed by atoms with E-state index >= 15 is 0 Å². The Morgan fingerprint density at radius 3 is 2.21 bits per heavy atom. The maximum absolute atomic E-state index is 13.7. The molecule has 3 aliphatic rings. The van der Waals surface area contributed by atoms with E-state index in [1.54, 1.807) is 17.0 Å². The molecule has 0 aromatic heterocycles. The van der Waals surface area contributed by atoms with E-state index in [9.17, 15) is 18.0 Å². The molecule has 5 rings (SSSR count). The smallest absolute Gasteiger partial charge is 0.409 e. The van der Waals surface area contributed by atoms with Crippen LogP contribution in [0.15, 0.2) is 59.5 Å². The van der Waals surface area contributed by atoms with Crippen molar-refractivity contribution < 1.29 is 22.7 Å². The van der Waals surface area contributed by atoms with E-state index in [4.69, 9.17) is 4.74 Å². The summed E-state index contributed by atoms with van der Waals surface area (Å²) >= 11 is 0. The zero-order valence-electron chi connectivity index (χ0n) is 22.2. The molecule has 9 heteroatoms. The zero-order chi connectivity index (χ0) is 26.9. The molecule has 1 spiro atoms. The van der Waals surface area contributed by atoms with E-state index in [1.807, 2.05) is 47.4 Å². The predicted octanol–water partition coefficient (Wildman–Crippen LogP) is 3.39. The molecule has 0 unspecified atom stereocenters. The number of sulfone groups is 1. The lowest BCUT2D eigenvalue weighted by molar-refractivity contribution is -0.137. The Kier molecular flexibility index (Phi) is 7.51. The number of amides is 2. The van der Waals surface area contributed by atoms with Crippen molar-refractivity contribution in [2.24, 2.45) is 11.3 Å². The Balaban J connectivity index is 1.19. The maximum atomic E-state index is 13.7. The van der Waals surface area contributed by atoms with Crippen molar-refractivity contribution in [1.29, 1.82) is 0 Å². The summed E-state index contributed by atoms with van der Waals surface area (Å²) in [5.41, 5.74) is 2.42. The van der Waals surface area contributed by atoms with Crippen LogP contribution >= 0.6 is 0 Å². The van der Waals surface area contributed by atoms with Crippen LogP contribution in [0.3, 0.4) is 0 Å². The minimum atomic E-state index is -3.19. The average molecular weight is 540 g/mol. The number of carbonyl (C=O) groups is 2. The minimum absolute atomic E-state index is 0.0326. The average Bonchev–Trinajstić information content (AvgIpc) is 3.53. The van der Waals surface area contributed by atoms with Crippen LogP contribution in [0.4, 0.5) is 4.79 Å². The largest absolute Gasteiger partial charge is 0.453 e. The van der Waals surface area contributed by atoms with Crippen LogP contribution in [0.1, 0.15) is 36.3 Å². The van der Waals surface area contributed by atoms with Gasteiger partial charge >= 0.3 is 6.09 Å². The van der Waals surface area contributed by atoms with E-state index in [0.29, 0.717) is 18.0 Å². The molecule has 3 saturated heterocycles. The molecule has 2 aromatic carbocycles. The summed E-state index contributed by atoms with van der Waals surface area (Å²) in [5, 5.41) is 0. The molecule has 2 aromatic rings. The summed E-state index contributed by atoms with van der Waals surface area (Å²) in [6.07, 6.45) is 3.92. The second-order valence-electron chi connectivity index (χ2n) is 11.2. The molecule has 0 N–H and O–H groups in total. The normalized spacial score (nSPS) is 23.6.